The maximum absolute atomic E-state index is 13.2. The highest BCUT2D eigenvalue weighted by Gasteiger charge is 2.18. The van der Waals surface area contributed by atoms with Crippen LogP contribution < -0.4 is 0 Å². The standard InChI is InChI=1S/C19H16FN3O3S/c1-12-21-19(26-22-12)18-10-14-9-16(27(2,24)25)7-8-17(14)23(18)11-13-3-5-15(20)6-4-13/h3-10H,11H2,1-2H3. The Balaban J connectivity index is 1.91. The van der Waals surface area contributed by atoms with Gasteiger partial charge < -0.3 is 9.09 Å². The number of aryl methyl sites for hydroxylation is 1. The van der Waals surface area contributed by atoms with Gasteiger partial charge in [-0.25, -0.2) is 12.8 Å². The van der Waals surface area contributed by atoms with Crippen molar-refractivity contribution in [3.8, 4) is 11.6 Å². The van der Waals surface area contributed by atoms with Crippen LogP contribution in [0, 0.1) is 12.7 Å². The molecule has 138 valence electrons. The van der Waals surface area contributed by atoms with Crippen LogP contribution in [0.3, 0.4) is 0 Å². The average Bonchev–Trinajstić information content (AvgIpc) is 3.19. The number of aromatic nitrogens is 3. The lowest BCUT2D eigenvalue weighted by Crippen LogP contribution is -2.02. The molecule has 2 aromatic heterocycles. The fraction of sp³-hybridized carbons (Fsp3) is 0.158. The molecule has 0 fully saturated rings. The zero-order valence-corrected chi connectivity index (χ0v) is 15.5. The Hall–Kier alpha value is -3.00. The Kier molecular flexibility index (Phi) is 4.07. The molecule has 0 aliphatic carbocycles. The average molecular weight is 385 g/mol. The van der Waals surface area contributed by atoms with Crippen LogP contribution in [0.15, 0.2) is 57.9 Å². The van der Waals surface area contributed by atoms with Crippen molar-refractivity contribution in [2.75, 3.05) is 6.26 Å². The number of halogens is 1. The first-order valence-corrected chi connectivity index (χ1v) is 10.1. The van der Waals surface area contributed by atoms with Crippen molar-refractivity contribution in [1.82, 2.24) is 14.7 Å². The molecule has 0 saturated heterocycles. The third-order valence-corrected chi connectivity index (χ3v) is 5.41. The van der Waals surface area contributed by atoms with Gasteiger partial charge in [0.15, 0.2) is 15.7 Å². The second-order valence-corrected chi connectivity index (χ2v) is 8.40. The number of rotatable bonds is 4. The fourth-order valence-electron chi connectivity index (χ4n) is 3.00. The Bertz CT molecular complexity index is 1240. The van der Waals surface area contributed by atoms with E-state index in [1.807, 2.05) is 10.6 Å². The molecule has 0 amide bonds. The topological polar surface area (TPSA) is 78.0 Å². The van der Waals surface area contributed by atoms with Crippen LogP contribution in [0.5, 0.6) is 0 Å². The highest BCUT2D eigenvalue weighted by Crippen LogP contribution is 2.30. The number of fused-ring (bicyclic) bond motifs is 1. The maximum Gasteiger partial charge on any atom is 0.274 e. The van der Waals surface area contributed by atoms with Gasteiger partial charge in [0.05, 0.1) is 4.90 Å². The molecule has 0 aliphatic rings. The van der Waals surface area contributed by atoms with Crippen molar-refractivity contribution < 1.29 is 17.3 Å². The van der Waals surface area contributed by atoms with Gasteiger partial charge in [-0.2, -0.15) is 4.98 Å². The van der Waals surface area contributed by atoms with E-state index in [1.165, 1.54) is 18.4 Å². The number of sulfone groups is 1. The van der Waals surface area contributed by atoms with Crippen molar-refractivity contribution in [2.45, 2.75) is 18.4 Å². The van der Waals surface area contributed by atoms with Crippen LogP contribution in [-0.2, 0) is 16.4 Å². The van der Waals surface area contributed by atoms with Gasteiger partial charge in [-0.05, 0) is 48.9 Å². The molecular weight excluding hydrogens is 369 g/mol. The van der Waals surface area contributed by atoms with Crippen LogP contribution in [-0.4, -0.2) is 29.4 Å². The molecule has 0 spiro atoms. The van der Waals surface area contributed by atoms with Gasteiger partial charge in [-0.15, -0.1) is 0 Å². The van der Waals surface area contributed by atoms with Gasteiger partial charge >= 0.3 is 0 Å². The second kappa shape index (κ2) is 6.31. The number of hydrogen-bond donors (Lipinski definition) is 0. The van der Waals surface area contributed by atoms with Crippen LogP contribution >= 0.6 is 0 Å². The minimum absolute atomic E-state index is 0.238. The summed E-state index contributed by atoms with van der Waals surface area (Å²) in [5.74, 6) is 0.536. The Morgan fingerprint density at radius 1 is 1.11 bits per heavy atom. The zero-order chi connectivity index (χ0) is 19.2. The summed E-state index contributed by atoms with van der Waals surface area (Å²) >= 11 is 0. The summed E-state index contributed by atoms with van der Waals surface area (Å²) in [6, 6.07) is 13.0. The lowest BCUT2D eigenvalue weighted by Gasteiger charge is -2.09. The molecule has 0 aliphatic heterocycles. The first-order chi connectivity index (χ1) is 12.8. The van der Waals surface area contributed by atoms with E-state index in [4.69, 9.17) is 4.52 Å². The first kappa shape index (κ1) is 17.4. The van der Waals surface area contributed by atoms with Crippen molar-refractivity contribution in [3.63, 3.8) is 0 Å². The summed E-state index contributed by atoms with van der Waals surface area (Å²) < 4.78 is 44.2. The van der Waals surface area contributed by atoms with E-state index >= 15 is 0 Å². The lowest BCUT2D eigenvalue weighted by atomic mass is 10.2. The predicted octanol–water partition coefficient (Wildman–Crippen LogP) is 3.59. The van der Waals surface area contributed by atoms with Gasteiger partial charge in [0, 0.05) is 23.7 Å². The van der Waals surface area contributed by atoms with Crippen LogP contribution in [0.1, 0.15) is 11.4 Å². The van der Waals surface area contributed by atoms with E-state index in [9.17, 15) is 12.8 Å². The summed E-state index contributed by atoms with van der Waals surface area (Å²) in [7, 11) is -3.32. The molecule has 27 heavy (non-hydrogen) atoms. The van der Waals surface area contributed by atoms with Crippen molar-refractivity contribution in [3.05, 3.63) is 65.7 Å². The van der Waals surface area contributed by atoms with Gasteiger partial charge in [-0.1, -0.05) is 17.3 Å². The molecule has 8 heteroatoms. The van der Waals surface area contributed by atoms with E-state index in [1.54, 1.807) is 37.3 Å². The minimum Gasteiger partial charge on any atom is -0.332 e. The van der Waals surface area contributed by atoms with E-state index < -0.39 is 9.84 Å². The molecule has 2 aromatic carbocycles. The van der Waals surface area contributed by atoms with Gasteiger partial charge in [0.2, 0.25) is 0 Å². The Labute approximate surface area is 155 Å². The molecule has 2 heterocycles. The molecular formula is C19H16FN3O3S. The molecule has 0 bridgehead atoms. The van der Waals surface area contributed by atoms with Crippen molar-refractivity contribution in [2.24, 2.45) is 0 Å². The molecule has 0 radical (unpaired) electrons. The van der Waals surface area contributed by atoms with E-state index in [0.717, 1.165) is 16.5 Å². The maximum atomic E-state index is 13.2. The molecule has 0 N–H and O–H groups in total. The Morgan fingerprint density at radius 2 is 1.85 bits per heavy atom. The fourth-order valence-corrected chi connectivity index (χ4v) is 3.66. The van der Waals surface area contributed by atoms with Crippen LogP contribution in [0.2, 0.25) is 0 Å². The molecule has 4 aromatic rings. The smallest absolute Gasteiger partial charge is 0.274 e. The largest absolute Gasteiger partial charge is 0.332 e. The normalized spacial score (nSPS) is 12.0. The summed E-state index contributed by atoms with van der Waals surface area (Å²) in [4.78, 5) is 4.53. The first-order valence-electron chi connectivity index (χ1n) is 8.20. The van der Waals surface area contributed by atoms with Crippen molar-refractivity contribution in [1.29, 1.82) is 0 Å². The summed E-state index contributed by atoms with van der Waals surface area (Å²) in [5.41, 5.74) is 2.37. The molecule has 0 atom stereocenters. The number of nitrogens with zero attached hydrogens (tertiary/aromatic N) is 3. The monoisotopic (exact) mass is 385 g/mol. The third-order valence-electron chi connectivity index (χ3n) is 4.30. The van der Waals surface area contributed by atoms with E-state index in [0.29, 0.717) is 24.0 Å². The molecule has 0 unspecified atom stereocenters. The van der Waals surface area contributed by atoms with Crippen LogP contribution in [0.25, 0.3) is 22.5 Å². The lowest BCUT2D eigenvalue weighted by molar-refractivity contribution is 0.423. The SMILES string of the molecule is Cc1noc(-c2cc3cc(S(C)(=O)=O)ccc3n2Cc2ccc(F)cc2)n1. The molecule has 4 rings (SSSR count). The van der Waals surface area contributed by atoms with Gasteiger partial charge in [0.1, 0.15) is 11.5 Å². The number of benzene rings is 2. The molecule has 0 saturated carbocycles. The Morgan fingerprint density at radius 3 is 2.48 bits per heavy atom. The van der Waals surface area contributed by atoms with Gasteiger partial charge in [0.25, 0.3) is 5.89 Å². The zero-order valence-electron chi connectivity index (χ0n) is 14.7. The molecule has 6 nitrogen and oxygen atoms in total. The van der Waals surface area contributed by atoms with Crippen LogP contribution in [0.4, 0.5) is 4.39 Å². The predicted molar refractivity (Wildman–Crippen MR) is 98.6 cm³/mol. The quantitative estimate of drug-likeness (QED) is 0.536. The highest BCUT2D eigenvalue weighted by molar-refractivity contribution is 7.90. The summed E-state index contributed by atoms with van der Waals surface area (Å²) in [6.07, 6.45) is 1.17. The number of hydrogen-bond acceptors (Lipinski definition) is 5. The highest BCUT2D eigenvalue weighted by atomic mass is 32.2. The summed E-state index contributed by atoms with van der Waals surface area (Å²) in [5, 5.41) is 4.58. The van der Waals surface area contributed by atoms with E-state index in [2.05, 4.69) is 10.1 Å². The minimum atomic E-state index is -3.32. The second-order valence-electron chi connectivity index (χ2n) is 6.38. The van der Waals surface area contributed by atoms with Crippen molar-refractivity contribution >= 4 is 20.7 Å². The van der Waals surface area contributed by atoms with E-state index in [-0.39, 0.29) is 10.7 Å². The third kappa shape index (κ3) is 3.35. The summed E-state index contributed by atoms with van der Waals surface area (Å²) in [6.45, 7) is 2.17. The van der Waals surface area contributed by atoms with Gasteiger partial charge in [-0.3, -0.25) is 0 Å².